The Morgan fingerprint density at radius 2 is 2.21 bits per heavy atom. The molecule has 0 aliphatic heterocycles. The van der Waals surface area contributed by atoms with Crippen LogP contribution >= 0.6 is 11.6 Å². The largest absolute Gasteiger partial charge is 0.395 e. The molecule has 0 bridgehead atoms. The fraction of sp³-hybridized carbons (Fsp3) is 0.455. The number of rotatable bonds is 3. The molecule has 0 amide bonds. The van der Waals surface area contributed by atoms with Crippen LogP contribution in [0.1, 0.15) is 18.4 Å². The molecule has 3 heteroatoms. The first kappa shape index (κ1) is 9.97. The molecule has 1 atom stereocenters. The summed E-state index contributed by atoms with van der Waals surface area (Å²) in [5.41, 5.74) is 7.05. The minimum Gasteiger partial charge on any atom is -0.395 e. The summed E-state index contributed by atoms with van der Waals surface area (Å²) < 4.78 is 0. The Kier molecular flexibility index (Phi) is 2.52. The first-order valence-electron chi connectivity index (χ1n) is 4.81. The number of hydrogen-bond donors (Lipinski definition) is 2. The molecule has 2 rings (SSSR count). The van der Waals surface area contributed by atoms with E-state index in [1.165, 1.54) is 0 Å². The van der Waals surface area contributed by atoms with E-state index in [4.69, 9.17) is 22.4 Å². The van der Waals surface area contributed by atoms with E-state index < -0.39 is 0 Å². The van der Waals surface area contributed by atoms with Crippen LogP contribution < -0.4 is 5.73 Å². The quantitative estimate of drug-likeness (QED) is 0.800. The van der Waals surface area contributed by atoms with Gasteiger partial charge < -0.3 is 10.8 Å². The van der Waals surface area contributed by atoms with Crippen LogP contribution in [-0.4, -0.2) is 17.8 Å². The van der Waals surface area contributed by atoms with E-state index in [2.05, 4.69) is 0 Å². The van der Waals surface area contributed by atoms with Gasteiger partial charge in [-0.25, -0.2) is 0 Å². The molecular weight excluding hydrogens is 198 g/mol. The standard InChI is InChI=1S/C11H14ClNO/c12-9-3-1-2-8(6-9)11(4-5-11)10(13)7-14/h1-3,6,10,14H,4-5,7,13H2. The number of halogens is 1. The average Bonchev–Trinajstić information content (AvgIpc) is 2.97. The van der Waals surface area contributed by atoms with E-state index in [9.17, 15) is 0 Å². The highest BCUT2D eigenvalue weighted by atomic mass is 35.5. The van der Waals surface area contributed by atoms with E-state index in [-0.39, 0.29) is 18.1 Å². The summed E-state index contributed by atoms with van der Waals surface area (Å²) in [4.78, 5) is 0. The van der Waals surface area contributed by atoms with E-state index in [0.717, 1.165) is 23.4 Å². The van der Waals surface area contributed by atoms with Gasteiger partial charge in [-0.2, -0.15) is 0 Å². The lowest BCUT2D eigenvalue weighted by Crippen LogP contribution is -2.38. The highest BCUT2D eigenvalue weighted by Gasteiger charge is 2.48. The summed E-state index contributed by atoms with van der Waals surface area (Å²) in [5.74, 6) is 0. The zero-order valence-electron chi connectivity index (χ0n) is 7.91. The lowest BCUT2D eigenvalue weighted by Gasteiger charge is -2.21. The van der Waals surface area contributed by atoms with Crippen molar-refractivity contribution in [2.45, 2.75) is 24.3 Å². The third-order valence-corrected chi connectivity index (χ3v) is 3.33. The summed E-state index contributed by atoms with van der Waals surface area (Å²) in [5, 5.41) is 9.82. The summed E-state index contributed by atoms with van der Waals surface area (Å²) in [7, 11) is 0. The maximum Gasteiger partial charge on any atom is 0.0591 e. The maximum atomic E-state index is 9.08. The lowest BCUT2D eigenvalue weighted by molar-refractivity contribution is 0.242. The molecule has 0 saturated heterocycles. The van der Waals surface area contributed by atoms with Gasteiger partial charge in [0.05, 0.1) is 6.61 Å². The number of aliphatic hydroxyl groups is 1. The molecule has 1 aliphatic rings. The molecule has 1 aliphatic carbocycles. The van der Waals surface area contributed by atoms with Crippen LogP contribution in [0.3, 0.4) is 0 Å². The smallest absolute Gasteiger partial charge is 0.0591 e. The molecule has 0 heterocycles. The molecule has 0 spiro atoms. The van der Waals surface area contributed by atoms with Crippen molar-refractivity contribution in [3.63, 3.8) is 0 Å². The second-order valence-electron chi connectivity index (χ2n) is 3.96. The molecule has 1 aromatic carbocycles. The van der Waals surface area contributed by atoms with Crippen LogP contribution in [0.25, 0.3) is 0 Å². The van der Waals surface area contributed by atoms with E-state index in [1.807, 2.05) is 24.3 Å². The first-order chi connectivity index (χ1) is 6.69. The molecular formula is C11H14ClNO. The minimum absolute atomic E-state index is 0.0142. The molecule has 0 radical (unpaired) electrons. The van der Waals surface area contributed by atoms with Crippen molar-refractivity contribution in [3.8, 4) is 0 Å². The summed E-state index contributed by atoms with van der Waals surface area (Å²) >= 11 is 5.92. The SMILES string of the molecule is NC(CO)C1(c2cccc(Cl)c2)CC1. The Hall–Kier alpha value is -0.570. The van der Waals surface area contributed by atoms with Crippen molar-refractivity contribution in [3.05, 3.63) is 34.9 Å². The number of nitrogens with two attached hydrogens (primary N) is 1. The van der Waals surface area contributed by atoms with Crippen LogP contribution in [-0.2, 0) is 5.41 Å². The molecule has 76 valence electrons. The number of hydrogen-bond acceptors (Lipinski definition) is 2. The number of benzene rings is 1. The van der Waals surface area contributed by atoms with Gasteiger partial charge in [-0.3, -0.25) is 0 Å². The monoisotopic (exact) mass is 211 g/mol. The van der Waals surface area contributed by atoms with E-state index in [0.29, 0.717) is 0 Å². The third-order valence-electron chi connectivity index (χ3n) is 3.09. The average molecular weight is 212 g/mol. The maximum absolute atomic E-state index is 9.08. The van der Waals surface area contributed by atoms with Gasteiger partial charge in [0.15, 0.2) is 0 Å². The summed E-state index contributed by atoms with van der Waals surface area (Å²) in [6.45, 7) is 0.0342. The van der Waals surface area contributed by atoms with Crippen molar-refractivity contribution in [1.29, 1.82) is 0 Å². The van der Waals surface area contributed by atoms with Crippen LogP contribution in [0.4, 0.5) is 0 Å². The predicted octanol–water partition coefficient (Wildman–Crippen LogP) is 1.69. The van der Waals surface area contributed by atoms with Gasteiger partial charge in [0, 0.05) is 16.5 Å². The normalized spacial score (nSPS) is 20.5. The van der Waals surface area contributed by atoms with Crippen LogP contribution in [0, 0.1) is 0 Å². The van der Waals surface area contributed by atoms with Crippen LogP contribution in [0.2, 0.25) is 5.02 Å². The Morgan fingerprint density at radius 3 is 2.71 bits per heavy atom. The third kappa shape index (κ3) is 1.54. The van der Waals surface area contributed by atoms with Gasteiger partial charge in [-0.1, -0.05) is 23.7 Å². The van der Waals surface area contributed by atoms with Gasteiger partial charge >= 0.3 is 0 Å². The molecule has 1 saturated carbocycles. The Labute approximate surface area is 88.7 Å². The topological polar surface area (TPSA) is 46.2 Å². The Bertz CT molecular complexity index is 336. The molecule has 2 nitrogen and oxygen atoms in total. The van der Waals surface area contributed by atoms with E-state index in [1.54, 1.807) is 0 Å². The van der Waals surface area contributed by atoms with Gasteiger partial charge in [-0.15, -0.1) is 0 Å². The first-order valence-corrected chi connectivity index (χ1v) is 5.19. The predicted molar refractivity (Wildman–Crippen MR) is 57.4 cm³/mol. The van der Waals surface area contributed by atoms with Crippen molar-refractivity contribution < 1.29 is 5.11 Å². The molecule has 3 N–H and O–H groups in total. The second kappa shape index (κ2) is 3.54. The molecule has 1 aromatic rings. The number of aliphatic hydroxyl groups excluding tert-OH is 1. The molecule has 14 heavy (non-hydrogen) atoms. The van der Waals surface area contributed by atoms with Crippen molar-refractivity contribution in [1.82, 2.24) is 0 Å². The zero-order valence-corrected chi connectivity index (χ0v) is 8.67. The van der Waals surface area contributed by atoms with Gasteiger partial charge in [0.2, 0.25) is 0 Å². The fourth-order valence-corrected chi connectivity index (χ4v) is 2.17. The Balaban J connectivity index is 2.30. The lowest BCUT2D eigenvalue weighted by atomic mass is 9.89. The highest BCUT2D eigenvalue weighted by molar-refractivity contribution is 6.30. The molecule has 1 unspecified atom stereocenters. The van der Waals surface area contributed by atoms with Crippen LogP contribution in [0.15, 0.2) is 24.3 Å². The zero-order chi connectivity index (χ0) is 10.2. The van der Waals surface area contributed by atoms with Crippen molar-refractivity contribution >= 4 is 11.6 Å². The molecule has 0 aromatic heterocycles. The second-order valence-corrected chi connectivity index (χ2v) is 4.39. The fourth-order valence-electron chi connectivity index (χ4n) is 1.98. The summed E-state index contributed by atoms with van der Waals surface area (Å²) in [6.07, 6.45) is 2.10. The van der Waals surface area contributed by atoms with E-state index >= 15 is 0 Å². The minimum atomic E-state index is -0.166. The van der Waals surface area contributed by atoms with Gasteiger partial charge in [-0.05, 0) is 30.5 Å². The van der Waals surface area contributed by atoms with Crippen LogP contribution in [0.5, 0.6) is 0 Å². The van der Waals surface area contributed by atoms with Crippen molar-refractivity contribution in [2.75, 3.05) is 6.61 Å². The summed E-state index contributed by atoms with van der Waals surface area (Å²) in [6, 6.07) is 7.60. The molecule has 1 fully saturated rings. The van der Waals surface area contributed by atoms with Gasteiger partial charge in [0.25, 0.3) is 0 Å². The highest BCUT2D eigenvalue weighted by Crippen LogP contribution is 2.50. The van der Waals surface area contributed by atoms with Crippen molar-refractivity contribution in [2.24, 2.45) is 5.73 Å². The Morgan fingerprint density at radius 1 is 1.50 bits per heavy atom. The van der Waals surface area contributed by atoms with Gasteiger partial charge in [0.1, 0.15) is 0 Å².